The number of piperazine rings is 1. The monoisotopic (exact) mass is 383 g/mol. The molecule has 1 saturated heterocycles. The Labute approximate surface area is 166 Å². The first-order valence-electron chi connectivity index (χ1n) is 9.81. The third kappa shape index (κ3) is 3.63. The number of amides is 1. The minimum atomic E-state index is -0.382. The van der Waals surface area contributed by atoms with Gasteiger partial charge < -0.3 is 19.5 Å². The third-order valence-corrected chi connectivity index (χ3v) is 5.61. The van der Waals surface area contributed by atoms with Gasteiger partial charge in [0.25, 0.3) is 5.91 Å². The van der Waals surface area contributed by atoms with Crippen LogP contribution in [0.15, 0.2) is 18.2 Å². The number of aromatic amines is 1. The van der Waals surface area contributed by atoms with E-state index in [1.54, 1.807) is 20.8 Å². The molecule has 2 heterocycles. The zero-order chi connectivity index (χ0) is 20.4. The zero-order valence-corrected chi connectivity index (χ0v) is 17.4. The highest BCUT2D eigenvalue weighted by Crippen LogP contribution is 2.25. The molecule has 6 nitrogen and oxygen atoms in total. The molecule has 1 fully saturated rings. The Morgan fingerprint density at radius 1 is 1.04 bits per heavy atom. The fourth-order valence-corrected chi connectivity index (χ4v) is 3.86. The molecule has 150 valence electrons. The summed E-state index contributed by atoms with van der Waals surface area (Å²) in [7, 11) is 0. The fourth-order valence-electron chi connectivity index (χ4n) is 3.86. The normalized spacial score (nSPS) is 14.3. The maximum absolute atomic E-state index is 13.1. The second kappa shape index (κ2) is 8.09. The maximum Gasteiger partial charge on any atom is 0.340 e. The minimum absolute atomic E-state index is 0.0586. The minimum Gasteiger partial charge on any atom is -0.462 e. The van der Waals surface area contributed by atoms with E-state index in [0.29, 0.717) is 42.2 Å². The molecule has 1 aliphatic rings. The smallest absolute Gasteiger partial charge is 0.340 e. The first-order valence-corrected chi connectivity index (χ1v) is 9.81. The summed E-state index contributed by atoms with van der Waals surface area (Å²) in [6.45, 7) is 12.8. The van der Waals surface area contributed by atoms with Gasteiger partial charge in [0.1, 0.15) is 5.69 Å². The topological polar surface area (TPSA) is 65.6 Å². The molecule has 0 atom stereocenters. The number of aryl methyl sites for hydroxylation is 2. The van der Waals surface area contributed by atoms with E-state index < -0.39 is 0 Å². The molecule has 1 N–H and O–H groups in total. The van der Waals surface area contributed by atoms with E-state index in [2.05, 4.69) is 41.9 Å². The number of hydrogen-bond donors (Lipinski definition) is 1. The number of anilines is 1. The molecule has 0 aliphatic carbocycles. The summed E-state index contributed by atoms with van der Waals surface area (Å²) in [5, 5.41) is 0. The highest BCUT2D eigenvalue weighted by atomic mass is 16.5. The number of H-pyrrole nitrogens is 1. The Kier molecular flexibility index (Phi) is 5.77. The van der Waals surface area contributed by atoms with Crippen LogP contribution in [0.25, 0.3) is 0 Å². The molecule has 0 radical (unpaired) electrons. The summed E-state index contributed by atoms with van der Waals surface area (Å²) in [4.78, 5) is 32.5. The van der Waals surface area contributed by atoms with Crippen LogP contribution in [0.3, 0.4) is 0 Å². The van der Waals surface area contributed by atoms with Crippen molar-refractivity contribution in [2.45, 2.75) is 34.6 Å². The predicted molar refractivity (Wildman–Crippen MR) is 110 cm³/mol. The number of nitrogens with one attached hydrogen (secondary N) is 1. The number of carbonyl (C=O) groups is 2. The van der Waals surface area contributed by atoms with Crippen LogP contribution in [0.2, 0.25) is 0 Å². The molecular formula is C22H29N3O3. The van der Waals surface area contributed by atoms with Crippen LogP contribution < -0.4 is 4.90 Å². The number of aromatic nitrogens is 1. The molecule has 3 rings (SSSR count). The van der Waals surface area contributed by atoms with Crippen molar-refractivity contribution in [2.75, 3.05) is 37.7 Å². The second-order valence-corrected chi connectivity index (χ2v) is 7.34. The Hall–Kier alpha value is -2.76. The second-order valence-electron chi connectivity index (χ2n) is 7.34. The van der Waals surface area contributed by atoms with Crippen LogP contribution in [0, 0.1) is 27.7 Å². The number of nitrogens with zero attached hydrogens (tertiary/aromatic N) is 2. The molecular weight excluding hydrogens is 354 g/mol. The molecule has 1 aromatic heterocycles. The van der Waals surface area contributed by atoms with Crippen LogP contribution in [0.5, 0.6) is 0 Å². The molecule has 28 heavy (non-hydrogen) atoms. The summed E-state index contributed by atoms with van der Waals surface area (Å²) in [6.07, 6.45) is 0. The van der Waals surface area contributed by atoms with Gasteiger partial charge in [-0.05, 0) is 57.4 Å². The summed E-state index contributed by atoms with van der Waals surface area (Å²) < 4.78 is 5.12. The van der Waals surface area contributed by atoms with Gasteiger partial charge in [0.2, 0.25) is 0 Å². The van der Waals surface area contributed by atoms with Gasteiger partial charge in [0.15, 0.2) is 0 Å². The number of hydrogen-bond acceptors (Lipinski definition) is 4. The predicted octanol–water partition coefficient (Wildman–Crippen LogP) is 3.39. The molecule has 6 heteroatoms. The van der Waals surface area contributed by atoms with E-state index in [4.69, 9.17) is 4.74 Å². The summed E-state index contributed by atoms with van der Waals surface area (Å²) in [6, 6.07) is 6.34. The van der Waals surface area contributed by atoms with Gasteiger partial charge in [-0.15, -0.1) is 0 Å². The van der Waals surface area contributed by atoms with Gasteiger partial charge in [-0.25, -0.2) is 4.79 Å². The quantitative estimate of drug-likeness (QED) is 0.822. The van der Waals surface area contributed by atoms with Crippen molar-refractivity contribution in [2.24, 2.45) is 0 Å². The van der Waals surface area contributed by atoms with Gasteiger partial charge in [-0.2, -0.15) is 0 Å². The molecule has 0 unspecified atom stereocenters. The number of rotatable bonds is 4. The van der Waals surface area contributed by atoms with Crippen molar-refractivity contribution in [1.82, 2.24) is 9.88 Å². The number of benzene rings is 1. The molecule has 1 amide bonds. The summed E-state index contributed by atoms with van der Waals surface area (Å²) in [5.41, 5.74) is 6.10. The Morgan fingerprint density at radius 3 is 2.36 bits per heavy atom. The van der Waals surface area contributed by atoms with Gasteiger partial charge >= 0.3 is 5.97 Å². The van der Waals surface area contributed by atoms with Crippen LogP contribution in [0.1, 0.15) is 50.2 Å². The Bertz CT molecular complexity index is 893. The molecule has 1 aliphatic heterocycles. The van der Waals surface area contributed by atoms with E-state index in [9.17, 15) is 9.59 Å². The number of esters is 1. The third-order valence-electron chi connectivity index (χ3n) is 5.61. The first kappa shape index (κ1) is 20.0. The Balaban J connectivity index is 1.73. The average Bonchev–Trinajstić information content (AvgIpc) is 2.98. The van der Waals surface area contributed by atoms with Crippen molar-refractivity contribution in [3.05, 3.63) is 51.8 Å². The van der Waals surface area contributed by atoms with Gasteiger partial charge in [-0.1, -0.05) is 12.1 Å². The molecule has 0 bridgehead atoms. The first-order chi connectivity index (χ1) is 13.3. The van der Waals surface area contributed by atoms with Crippen LogP contribution in [-0.4, -0.2) is 54.5 Å². The fraction of sp³-hybridized carbons (Fsp3) is 0.455. The van der Waals surface area contributed by atoms with E-state index >= 15 is 0 Å². The summed E-state index contributed by atoms with van der Waals surface area (Å²) in [5.74, 6) is -0.440. The van der Waals surface area contributed by atoms with Crippen LogP contribution in [-0.2, 0) is 4.74 Å². The lowest BCUT2D eigenvalue weighted by atomic mass is 10.1. The Morgan fingerprint density at radius 2 is 1.71 bits per heavy atom. The van der Waals surface area contributed by atoms with Crippen molar-refractivity contribution in [1.29, 1.82) is 0 Å². The lowest BCUT2D eigenvalue weighted by Crippen LogP contribution is -2.49. The van der Waals surface area contributed by atoms with Crippen molar-refractivity contribution in [3.63, 3.8) is 0 Å². The average molecular weight is 383 g/mol. The molecule has 1 aromatic carbocycles. The SMILES string of the molecule is CCOC(=O)c1c(C)[nH]c(C(=O)N2CCN(c3cccc(C)c3C)CC2)c1C. The van der Waals surface area contributed by atoms with Crippen LogP contribution >= 0.6 is 0 Å². The zero-order valence-electron chi connectivity index (χ0n) is 17.4. The van der Waals surface area contributed by atoms with Gasteiger partial charge in [-0.3, -0.25) is 4.79 Å². The van der Waals surface area contributed by atoms with Gasteiger partial charge in [0.05, 0.1) is 12.2 Å². The number of ether oxygens (including phenoxy) is 1. The van der Waals surface area contributed by atoms with Gasteiger partial charge in [0, 0.05) is 37.6 Å². The summed E-state index contributed by atoms with van der Waals surface area (Å²) >= 11 is 0. The van der Waals surface area contributed by atoms with Crippen molar-refractivity contribution >= 4 is 17.6 Å². The van der Waals surface area contributed by atoms with Crippen molar-refractivity contribution in [3.8, 4) is 0 Å². The lowest BCUT2D eigenvalue weighted by molar-refractivity contribution is 0.0525. The van der Waals surface area contributed by atoms with Crippen molar-refractivity contribution < 1.29 is 14.3 Å². The number of carbonyl (C=O) groups excluding carboxylic acids is 2. The molecule has 0 saturated carbocycles. The van der Waals surface area contributed by atoms with E-state index in [1.165, 1.54) is 16.8 Å². The highest BCUT2D eigenvalue weighted by molar-refractivity contribution is 6.00. The highest BCUT2D eigenvalue weighted by Gasteiger charge is 2.28. The largest absolute Gasteiger partial charge is 0.462 e. The lowest BCUT2D eigenvalue weighted by Gasteiger charge is -2.37. The van der Waals surface area contributed by atoms with E-state index in [0.717, 1.165) is 13.1 Å². The maximum atomic E-state index is 13.1. The van der Waals surface area contributed by atoms with E-state index in [-0.39, 0.29) is 11.9 Å². The van der Waals surface area contributed by atoms with E-state index in [1.807, 2.05) is 4.90 Å². The molecule has 0 spiro atoms. The van der Waals surface area contributed by atoms with Crippen LogP contribution in [0.4, 0.5) is 5.69 Å². The molecule has 2 aromatic rings. The standard InChI is InChI=1S/C22H29N3O3/c1-6-28-22(27)19-16(4)20(23-17(19)5)21(26)25-12-10-24(11-13-25)18-9-7-8-14(2)15(18)3/h7-9,23H,6,10-13H2,1-5H3.